The number of hydrogen-bond acceptors (Lipinski definition) is 3. The second-order valence-electron chi connectivity index (χ2n) is 4.37. The van der Waals surface area contributed by atoms with E-state index in [-0.39, 0.29) is 11.9 Å². The lowest BCUT2D eigenvalue weighted by Gasteiger charge is -2.31. The predicted octanol–water partition coefficient (Wildman–Crippen LogP) is -0.422. The highest BCUT2D eigenvalue weighted by atomic mass is 16.3. The van der Waals surface area contributed by atoms with E-state index in [0.29, 0.717) is 12.3 Å². The Balaban J connectivity index is 2.00. The van der Waals surface area contributed by atoms with Crippen molar-refractivity contribution in [2.75, 3.05) is 20.1 Å². The quantitative estimate of drug-likeness (QED) is 0.601. The molecule has 0 bridgehead atoms. The van der Waals surface area contributed by atoms with E-state index in [0.717, 1.165) is 13.1 Å². The Morgan fingerprint density at radius 2 is 2.36 bits per heavy atom. The number of hydrogen-bond donors (Lipinski definition) is 2. The molecule has 2 N–H and O–H groups in total. The monoisotopic (exact) mass is 198 g/mol. The van der Waals surface area contributed by atoms with Gasteiger partial charge in [0.05, 0.1) is 0 Å². The third-order valence-corrected chi connectivity index (χ3v) is 3.47. The smallest absolute Gasteiger partial charge is 0.251 e. The van der Waals surface area contributed by atoms with Gasteiger partial charge in [0, 0.05) is 19.5 Å². The first-order valence-electron chi connectivity index (χ1n) is 5.35. The van der Waals surface area contributed by atoms with Gasteiger partial charge in [-0.05, 0) is 31.8 Å². The van der Waals surface area contributed by atoms with Crippen molar-refractivity contribution < 1.29 is 9.90 Å². The molecule has 2 aliphatic heterocycles. The summed E-state index contributed by atoms with van der Waals surface area (Å²) in [5, 5.41) is 12.8. The molecule has 0 saturated carbocycles. The van der Waals surface area contributed by atoms with Crippen molar-refractivity contribution in [3.05, 3.63) is 0 Å². The van der Waals surface area contributed by atoms with Crippen LogP contribution in [0.1, 0.15) is 19.3 Å². The number of rotatable bonds is 1. The summed E-state index contributed by atoms with van der Waals surface area (Å²) in [6.45, 7) is 2.07. The number of piperidine rings is 1. The van der Waals surface area contributed by atoms with Crippen molar-refractivity contribution in [3.8, 4) is 0 Å². The van der Waals surface area contributed by atoms with Gasteiger partial charge in [-0.2, -0.15) is 0 Å². The SMILES string of the molecule is CN1C(=O)C(O)CC1C1CCCNC1. The zero-order valence-electron chi connectivity index (χ0n) is 8.57. The van der Waals surface area contributed by atoms with Crippen LogP contribution in [0.4, 0.5) is 0 Å². The molecule has 0 aromatic heterocycles. The highest BCUT2D eigenvalue weighted by Crippen LogP contribution is 2.27. The van der Waals surface area contributed by atoms with E-state index in [1.807, 2.05) is 0 Å². The molecule has 0 aromatic rings. The first kappa shape index (κ1) is 9.93. The molecule has 2 heterocycles. The summed E-state index contributed by atoms with van der Waals surface area (Å²) in [6, 6.07) is 0.241. The van der Waals surface area contributed by atoms with Crippen LogP contribution in [0.15, 0.2) is 0 Å². The minimum absolute atomic E-state index is 0.111. The Morgan fingerprint density at radius 3 is 2.86 bits per heavy atom. The number of nitrogens with zero attached hydrogens (tertiary/aromatic N) is 1. The number of carbonyl (C=O) groups excluding carboxylic acids is 1. The Hall–Kier alpha value is -0.610. The van der Waals surface area contributed by atoms with E-state index in [4.69, 9.17) is 0 Å². The summed E-state index contributed by atoms with van der Waals surface area (Å²) in [5.41, 5.74) is 0. The molecule has 3 atom stereocenters. The van der Waals surface area contributed by atoms with Crippen LogP contribution in [0.2, 0.25) is 0 Å². The van der Waals surface area contributed by atoms with E-state index < -0.39 is 6.10 Å². The molecule has 2 aliphatic rings. The van der Waals surface area contributed by atoms with Crippen LogP contribution < -0.4 is 5.32 Å². The number of carbonyl (C=O) groups is 1. The third-order valence-electron chi connectivity index (χ3n) is 3.47. The Kier molecular flexibility index (Phi) is 2.74. The average Bonchev–Trinajstić information content (AvgIpc) is 2.47. The Labute approximate surface area is 84.3 Å². The average molecular weight is 198 g/mol. The number of amides is 1. The number of nitrogens with one attached hydrogen (secondary N) is 1. The summed E-state index contributed by atoms with van der Waals surface area (Å²) >= 11 is 0. The Bertz CT molecular complexity index is 226. The van der Waals surface area contributed by atoms with E-state index in [2.05, 4.69) is 5.32 Å². The lowest BCUT2D eigenvalue weighted by Crippen LogP contribution is -2.42. The minimum atomic E-state index is -0.757. The van der Waals surface area contributed by atoms with Crippen molar-refractivity contribution in [1.29, 1.82) is 0 Å². The lowest BCUT2D eigenvalue weighted by atomic mass is 9.90. The first-order chi connectivity index (χ1) is 6.70. The largest absolute Gasteiger partial charge is 0.383 e. The molecular weight excluding hydrogens is 180 g/mol. The molecule has 80 valence electrons. The fourth-order valence-corrected chi connectivity index (χ4v) is 2.60. The molecule has 0 spiro atoms. The van der Waals surface area contributed by atoms with Gasteiger partial charge < -0.3 is 15.3 Å². The number of likely N-dealkylation sites (tertiary alicyclic amines) is 1. The van der Waals surface area contributed by atoms with Crippen molar-refractivity contribution >= 4 is 5.91 Å². The summed E-state index contributed by atoms with van der Waals surface area (Å²) in [5.74, 6) is 0.412. The van der Waals surface area contributed by atoms with Crippen molar-refractivity contribution in [2.24, 2.45) is 5.92 Å². The predicted molar refractivity (Wildman–Crippen MR) is 52.8 cm³/mol. The maximum absolute atomic E-state index is 11.4. The van der Waals surface area contributed by atoms with Crippen LogP contribution in [-0.4, -0.2) is 48.2 Å². The molecule has 2 saturated heterocycles. The molecule has 4 nitrogen and oxygen atoms in total. The number of aliphatic hydroxyl groups excluding tert-OH is 1. The second-order valence-corrected chi connectivity index (χ2v) is 4.37. The molecule has 0 radical (unpaired) electrons. The van der Waals surface area contributed by atoms with Crippen LogP contribution in [0.25, 0.3) is 0 Å². The van der Waals surface area contributed by atoms with E-state index in [1.54, 1.807) is 11.9 Å². The normalized spacial score (nSPS) is 39.1. The molecule has 0 aliphatic carbocycles. The van der Waals surface area contributed by atoms with Gasteiger partial charge in [-0.1, -0.05) is 0 Å². The van der Waals surface area contributed by atoms with Gasteiger partial charge in [-0.15, -0.1) is 0 Å². The second kappa shape index (κ2) is 3.87. The van der Waals surface area contributed by atoms with Crippen LogP contribution in [0, 0.1) is 5.92 Å². The molecule has 0 aromatic carbocycles. The standard InChI is InChI=1S/C10H18N2O2/c1-12-8(5-9(13)10(12)14)7-3-2-4-11-6-7/h7-9,11,13H,2-6H2,1H3. The molecule has 4 heteroatoms. The molecule has 3 unspecified atom stereocenters. The fourth-order valence-electron chi connectivity index (χ4n) is 2.60. The zero-order valence-corrected chi connectivity index (χ0v) is 8.57. The van der Waals surface area contributed by atoms with E-state index >= 15 is 0 Å². The van der Waals surface area contributed by atoms with Crippen LogP contribution in [-0.2, 0) is 4.79 Å². The van der Waals surface area contributed by atoms with Crippen molar-refractivity contribution in [3.63, 3.8) is 0 Å². The third kappa shape index (κ3) is 1.64. The molecule has 1 amide bonds. The molecule has 2 fully saturated rings. The van der Waals surface area contributed by atoms with Gasteiger partial charge in [0.1, 0.15) is 6.10 Å². The highest BCUT2D eigenvalue weighted by Gasteiger charge is 2.40. The molecule has 14 heavy (non-hydrogen) atoms. The van der Waals surface area contributed by atoms with Crippen LogP contribution in [0.3, 0.4) is 0 Å². The summed E-state index contributed by atoms with van der Waals surface area (Å²) in [6.07, 6.45) is 2.20. The van der Waals surface area contributed by atoms with Crippen LogP contribution >= 0.6 is 0 Å². The van der Waals surface area contributed by atoms with Gasteiger partial charge in [0.15, 0.2) is 0 Å². The summed E-state index contributed by atoms with van der Waals surface area (Å²) in [4.78, 5) is 13.1. The first-order valence-corrected chi connectivity index (χ1v) is 5.35. The van der Waals surface area contributed by atoms with Crippen molar-refractivity contribution in [1.82, 2.24) is 10.2 Å². The summed E-state index contributed by atoms with van der Waals surface area (Å²) < 4.78 is 0. The highest BCUT2D eigenvalue weighted by molar-refractivity contribution is 5.83. The summed E-state index contributed by atoms with van der Waals surface area (Å²) in [7, 11) is 1.80. The van der Waals surface area contributed by atoms with Crippen molar-refractivity contribution in [2.45, 2.75) is 31.4 Å². The maximum Gasteiger partial charge on any atom is 0.251 e. The van der Waals surface area contributed by atoms with E-state index in [1.165, 1.54) is 12.8 Å². The minimum Gasteiger partial charge on any atom is -0.383 e. The molecular formula is C10H18N2O2. The van der Waals surface area contributed by atoms with Crippen LogP contribution in [0.5, 0.6) is 0 Å². The number of aliphatic hydroxyl groups is 1. The van der Waals surface area contributed by atoms with Gasteiger partial charge in [0.25, 0.3) is 5.91 Å². The van der Waals surface area contributed by atoms with Gasteiger partial charge >= 0.3 is 0 Å². The topological polar surface area (TPSA) is 52.6 Å². The molecule has 2 rings (SSSR count). The van der Waals surface area contributed by atoms with Gasteiger partial charge in [-0.3, -0.25) is 4.79 Å². The Morgan fingerprint density at radius 1 is 1.57 bits per heavy atom. The van der Waals surface area contributed by atoms with E-state index in [9.17, 15) is 9.90 Å². The fraction of sp³-hybridized carbons (Fsp3) is 0.900. The van der Waals surface area contributed by atoms with Gasteiger partial charge in [0.2, 0.25) is 0 Å². The number of likely N-dealkylation sites (N-methyl/N-ethyl adjacent to an activating group) is 1. The van der Waals surface area contributed by atoms with Gasteiger partial charge in [-0.25, -0.2) is 0 Å². The zero-order chi connectivity index (χ0) is 10.1. The lowest BCUT2D eigenvalue weighted by molar-refractivity contribution is -0.134. The maximum atomic E-state index is 11.4.